The number of nitrogens with zero attached hydrogens (tertiary/aromatic N) is 2. The first-order valence-corrected chi connectivity index (χ1v) is 9.09. The lowest BCUT2D eigenvalue weighted by Crippen LogP contribution is -2.30. The van der Waals surface area contributed by atoms with Crippen LogP contribution >= 0.6 is 0 Å². The van der Waals surface area contributed by atoms with Gasteiger partial charge in [0.05, 0.1) is 0 Å². The maximum atomic E-state index is 13.0. The smallest absolute Gasteiger partial charge is 0.243 e. The van der Waals surface area contributed by atoms with Crippen LogP contribution in [-0.2, 0) is 23.1 Å². The Bertz CT molecular complexity index is 826. The Hall–Kier alpha value is -2.50. The summed E-state index contributed by atoms with van der Waals surface area (Å²) in [5.74, 6) is 0. The van der Waals surface area contributed by atoms with E-state index in [4.69, 9.17) is 0 Å². The summed E-state index contributed by atoms with van der Waals surface area (Å²) in [6.07, 6.45) is 1.50. The quantitative estimate of drug-likeness (QED) is 0.691. The fourth-order valence-electron chi connectivity index (χ4n) is 2.43. The van der Waals surface area contributed by atoms with Crippen molar-refractivity contribution in [3.63, 3.8) is 0 Å². The van der Waals surface area contributed by atoms with Crippen LogP contribution in [0, 0.1) is 0 Å². The molecular weight excluding hydrogens is 320 g/mol. The first-order chi connectivity index (χ1) is 11.7. The summed E-state index contributed by atoms with van der Waals surface area (Å²) in [4.78, 5) is 4.02. The number of benzene rings is 2. The maximum absolute atomic E-state index is 13.0. The van der Waals surface area contributed by atoms with Gasteiger partial charge >= 0.3 is 0 Å². The Morgan fingerprint density at radius 2 is 1.21 bits per heavy atom. The summed E-state index contributed by atoms with van der Waals surface area (Å²) >= 11 is 0. The minimum atomic E-state index is -3.68. The zero-order valence-electron chi connectivity index (χ0n) is 13.1. The van der Waals surface area contributed by atoms with Crippen molar-refractivity contribution in [2.75, 3.05) is 0 Å². The molecule has 3 aromatic rings. The van der Waals surface area contributed by atoms with E-state index in [2.05, 4.69) is 4.98 Å². The van der Waals surface area contributed by atoms with Gasteiger partial charge in [-0.2, -0.15) is 4.31 Å². The van der Waals surface area contributed by atoms with Crippen molar-refractivity contribution in [1.82, 2.24) is 9.29 Å². The highest BCUT2D eigenvalue weighted by Crippen LogP contribution is 2.19. The molecule has 0 fully saturated rings. The first kappa shape index (κ1) is 16.4. The number of pyridine rings is 1. The Labute approximate surface area is 142 Å². The summed E-state index contributed by atoms with van der Waals surface area (Å²) in [7, 11) is -3.68. The van der Waals surface area contributed by atoms with Crippen molar-refractivity contribution in [1.29, 1.82) is 0 Å². The highest BCUT2D eigenvalue weighted by Gasteiger charge is 2.25. The molecule has 0 amide bonds. The molecule has 4 nitrogen and oxygen atoms in total. The van der Waals surface area contributed by atoms with E-state index in [0.29, 0.717) is 13.1 Å². The van der Waals surface area contributed by atoms with Crippen LogP contribution < -0.4 is 0 Å². The van der Waals surface area contributed by atoms with Gasteiger partial charge in [-0.1, -0.05) is 66.7 Å². The van der Waals surface area contributed by atoms with Crippen molar-refractivity contribution in [3.05, 3.63) is 96.2 Å². The molecule has 0 atom stereocenters. The number of aromatic nitrogens is 1. The Morgan fingerprint density at radius 3 is 1.67 bits per heavy atom. The second-order valence-corrected chi connectivity index (χ2v) is 7.30. The van der Waals surface area contributed by atoms with Crippen LogP contribution in [0.3, 0.4) is 0 Å². The van der Waals surface area contributed by atoms with Gasteiger partial charge in [0.25, 0.3) is 10.0 Å². The van der Waals surface area contributed by atoms with E-state index in [0.717, 1.165) is 11.1 Å². The van der Waals surface area contributed by atoms with E-state index < -0.39 is 10.0 Å². The highest BCUT2D eigenvalue weighted by molar-refractivity contribution is 7.89. The lowest BCUT2D eigenvalue weighted by Gasteiger charge is -2.22. The van der Waals surface area contributed by atoms with Crippen molar-refractivity contribution in [3.8, 4) is 0 Å². The third-order valence-corrected chi connectivity index (χ3v) is 5.35. The molecule has 3 rings (SSSR count). The fraction of sp³-hybridized carbons (Fsp3) is 0.105. The Balaban J connectivity index is 1.95. The maximum Gasteiger partial charge on any atom is 0.261 e. The third-order valence-electron chi connectivity index (χ3n) is 3.65. The molecule has 5 heteroatoms. The molecule has 0 aliphatic rings. The van der Waals surface area contributed by atoms with E-state index in [-0.39, 0.29) is 5.03 Å². The SMILES string of the molecule is O=S(=O)(c1ccccn1)N(Cc1ccccc1)Cc1ccccc1. The second kappa shape index (κ2) is 7.38. The van der Waals surface area contributed by atoms with Gasteiger partial charge in [-0.3, -0.25) is 0 Å². The van der Waals surface area contributed by atoms with Gasteiger partial charge < -0.3 is 0 Å². The molecule has 0 bridgehead atoms. The topological polar surface area (TPSA) is 50.3 Å². The average Bonchev–Trinajstić information content (AvgIpc) is 2.64. The minimum Gasteiger partial charge on any atom is -0.243 e. The van der Waals surface area contributed by atoms with Crippen LogP contribution in [0.5, 0.6) is 0 Å². The fourth-order valence-corrected chi connectivity index (χ4v) is 3.78. The van der Waals surface area contributed by atoms with E-state index >= 15 is 0 Å². The van der Waals surface area contributed by atoms with Crippen LogP contribution in [0.15, 0.2) is 90.1 Å². The van der Waals surface area contributed by atoms with Gasteiger partial charge in [0.1, 0.15) is 0 Å². The summed E-state index contributed by atoms with van der Waals surface area (Å²) in [5.41, 5.74) is 1.88. The van der Waals surface area contributed by atoms with E-state index in [1.54, 1.807) is 12.1 Å². The molecule has 0 aliphatic heterocycles. The summed E-state index contributed by atoms with van der Waals surface area (Å²) in [5, 5.41) is 0.0665. The van der Waals surface area contributed by atoms with Crippen molar-refractivity contribution < 1.29 is 8.42 Å². The number of sulfonamides is 1. The number of hydrogen-bond acceptors (Lipinski definition) is 3. The van der Waals surface area contributed by atoms with E-state index in [9.17, 15) is 8.42 Å². The highest BCUT2D eigenvalue weighted by atomic mass is 32.2. The van der Waals surface area contributed by atoms with Crippen LogP contribution in [0.4, 0.5) is 0 Å². The molecule has 0 saturated carbocycles. The molecule has 0 unspecified atom stereocenters. The molecule has 0 N–H and O–H groups in total. The van der Waals surface area contributed by atoms with Gasteiger partial charge in [0.15, 0.2) is 5.03 Å². The monoisotopic (exact) mass is 338 g/mol. The molecule has 0 spiro atoms. The molecule has 122 valence electrons. The number of rotatable bonds is 6. The van der Waals surface area contributed by atoms with E-state index in [1.165, 1.54) is 16.6 Å². The molecule has 1 heterocycles. The van der Waals surface area contributed by atoms with Gasteiger partial charge in [0, 0.05) is 19.3 Å². The Kier molecular flexibility index (Phi) is 5.03. The van der Waals surface area contributed by atoms with Gasteiger partial charge in [0.2, 0.25) is 0 Å². The van der Waals surface area contributed by atoms with Gasteiger partial charge in [-0.25, -0.2) is 13.4 Å². The summed E-state index contributed by atoms with van der Waals surface area (Å²) in [6, 6.07) is 24.1. The second-order valence-electron chi connectivity index (χ2n) is 5.41. The van der Waals surface area contributed by atoms with Crippen LogP contribution in [0.1, 0.15) is 11.1 Å². The molecule has 1 aromatic heterocycles. The minimum absolute atomic E-state index is 0.0665. The van der Waals surface area contributed by atoms with Gasteiger partial charge in [-0.05, 0) is 23.3 Å². The van der Waals surface area contributed by atoms with Crippen molar-refractivity contribution in [2.45, 2.75) is 18.1 Å². The van der Waals surface area contributed by atoms with Crippen LogP contribution in [0.2, 0.25) is 0 Å². The first-order valence-electron chi connectivity index (χ1n) is 7.65. The molecule has 2 aromatic carbocycles. The average molecular weight is 338 g/mol. The molecule has 24 heavy (non-hydrogen) atoms. The van der Waals surface area contributed by atoms with Gasteiger partial charge in [-0.15, -0.1) is 0 Å². The Morgan fingerprint density at radius 1 is 0.708 bits per heavy atom. The summed E-state index contributed by atoms with van der Waals surface area (Å²) in [6.45, 7) is 0.600. The largest absolute Gasteiger partial charge is 0.261 e. The lowest BCUT2D eigenvalue weighted by molar-refractivity contribution is 0.399. The molecule has 0 saturated heterocycles. The molecule has 0 radical (unpaired) electrons. The van der Waals surface area contributed by atoms with Crippen molar-refractivity contribution >= 4 is 10.0 Å². The summed E-state index contributed by atoms with van der Waals surface area (Å²) < 4.78 is 27.5. The van der Waals surface area contributed by atoms with Crippen LogP contribution in [0.25, 0.3) is 0 Å². The van der Waals surface area contributed by atoms with E-state index in [1.807, 2.05) is 60.7 Å². The van der Waals surface area contributed by atoms with Crippen LogP contribution in [-0.4, -0.2) is 17.7 Å². The number of hydrogen-bond donors (Lipinski definition) is 0. The third kappa shape index (κ3) is 3.88. The standard InChI is InChI=1S/C19H18N2O2S/c22-24(23,19-13-7-8-14-20-19)21(15-17-9-3-1-4-10-17)16-18-11-5-2-6-12-18/h1-14H,15-16H2. The normalized spacial score (nSPS) is 11.5. The molecular formula is C19H18N2O2S. The molecule has 0 aliphatic carbocycles. The predicted molar refractivity (Wildman–Crippen MR) is 93.6 cm³/mol. The zero-order chi connectivity index (χ0) is 16.8. The lowest BCUT2D eigenvalue weighted by atomic mass is 10.2. The van der Waals surface area contributed by atoms with Crippen molar-refractivity contribution in [2.24, 2.45) is 0 Å². The predicted octanol–water partition coefficient (Wildman–Crippen LogP) is 3.47. The zero-order valence-corrected chi connectivity index (χ0v) is 13.9.